The molecule has 0 saturated heterocycles. The highest BCUT2D eigenvalue weighted by molar-refractivity contribution is 8.01. The molecule has 0 spiro atoms. The molecular formula is C10H14N2O4S2. The topological polar surface area (TPSA) is 83.7 Å². The molecule has 0 saturated carbocycles. The van der Waals surface area contributed by atoms with Gasteiger partial charge in [-0.3, -0.25) is 14.9 Å². The second-order valence-corrected chi connectivity index (χ2v) is 6.16. The highest BCUT2D eigenvalue weighted by Gasteiger charge is 2.22. The van der Waals surface area contributed by atoms with Gasteiger partial charge in [0, 0.05) is 25.0 Å². The number of nitro groups is 1. The Morgan fingerprint density at radius 3 is 2.72 bits per heavy atom. The first-order valence-electron chi connectivity index (χ1n) is 5.12. The minimum absolute atomic E-state index is 0.0487. The molecule has 0 aromatic carbocycles. The van der Waals surface area contributed by atoms with E-state index in [-0.39, 0.29) is 17.3 Å². The molecule has 6 nitrogen and oxygen atoms in total. The van der Waals surface area contributed by atoms with Crippen molar-refractivity contribution in [3.63, 3.8) is 0 Å². The van der Waals surface area contributed by atoms with Gasteiger partial charge in [-0.1, -0.05) is 11.8 Å². The molecular weight excluding hydrogens is 276 g/mol. The lowest BCUT2D eigenvalue weighted by molar-refractivity contribution is -0.387. The Balaban J connectivity index is 2.87. The molecule has 1 aromatic rings. The number of carbonyl (C=O) groups is 1. The van der Waals surface area contributed by atoms with Gasteiger partial charge in [-0.05, 0) is 6.92 Å². The van der Waals surface area contributed by atoms with Crippen molar-refractivity contribution in [2.45, 2.75) is 17.2 Å². The highest BCUT2D eigenvalue weighted by Crippen LogP contribution is 2.39. The number of nitrogens with zero attached hydrogens (tertiary/aromatic N) is 2. The number of aliphatic hydroxyl groups is 1. The van der Waals surface area contributed by atoms with Crippen LogP contribution in [0, 0.1) is 10.1 Å². The minimum atomic E-state index is -0.743. The van der Waals surface area contributed by atoms with E-state index in [2.05, 4.69) is 0 Å². The third kappa shape index (κ3) is 3.69. The van der Waals surface area contributed by atoms with Crippen LogP contribution >= 0.6 is 23.1 Å². The Hall–Kier alpha value is -1.12. The first-order valence-corrected chi connectivity index (χ1v) is 6.92. The predicted octanol–water partition coefficient (Wildman–Crippen LogP) is 1.89. The maximum absolute atomic E-state index is 11.4. The van der Waals surface area contributed by atoms with Crippen molar-refractivity contribution in [3.8, 4) is 0 Å². The molecule has 0 radical (unpaired) electrons. The Morgan fingerprint density at radius 1 is 1.67 bits per heavy atom. The molecule has 0 bridgehead atoms. The lowest BCUT2D eigenvalue weighted by atomic mass is 10.3. The molecule has 0 unspecified atom stereocenters. The summed E-state index contributed by atoms with van der Waals surface area (Å²) in [7, 11) is 3.26. The molecule has 1 N–H and O–H groups in total. The van der Waals surface area contributed by atoms with Crippen LogP contribution in [0.4, 0.5) is 5.69 Å². The van der Waals surface area contributed by atoms with Gasteiger partial charge in [0.1, 0.15) is 4.21 Å². The second-order valence-electron chi connectivity index (χ2n) is 3.83. The number of aliphatic hydroxyl groups excluding tert-OH is 1. The summed E-state index contributed by atoms with van der Waals surface area (Å²) in [5.74, 6) is 0.0365. The smallest absolute Gasteiger partial charge is 0.294 e. The van der Waals surface area contributed by atoms with Crippen LogP contribution in [0.1, 0.15) is 17.9 Å². The maximum Gasteiger partial charge on any atom is 0.294 e. The summed E-state index contributed by atoms with van der Waals surface area (Å²) in [6, 6.07) is 1.36. The lowest BCUT2D eigenvalue weighted by Crippen LogP contribution is -2.23. The number of carbonyl (C=O) groups excluding carboxylic acids is 1. The van der Waals surface area contributed by atoms with Crippen LogP contribution in [0.15, 0.2) is 10.3 Å². The third-order valence-corrected chi connectivity index (χ3v) is 4.69. The number of hydrogen-bond donors (Lipinski definition) is 1. The van der Waals surface area contributed by atoms with E-state index in [0.717, 1.165) is 23.1 Å². The second kappa shape index (κ2) is 6.17. The van der Waals surface area contributed by atoms with Gasteiger partial charge in [0.15, 0.2) is 0 Å². The van der Waals surface area contributed by atoms with Gasteiger partial charge in [-0.15, -0.1) is 11.3 Å². The summed E-state index contributed by atoms with van der Waals surface area (Å²) in [5.41, 5.74) is -0.0487. The van der Waals surface area contributed by atoms with Crippen molar-refractivity contribution >= 4 is 34.7 Å². The standard InChI is InChI=1S/C10H14N2O4S2/c1-6(13)8-4-7(12(15)16)10(18-8)17-5-9(14)11(2)3/h4,6,13H,5H2,1-3H3/t6-/m1/s1. The molecule has 1 atom stereocenters. The van der Waals surface area contributed by atoms with E-state index in [9.17, 15) is 20.0 Å². The van der Waals surface area contributed by atoms with Gasteiger partial charge in [0.25, 0.3) is 5.69 Å². The number of hydrogen-bond acceptors (Lipinski definition) is 6. The van der Waals surface area contributed by atoms with E-state index in [4.69, 9.17) is 0 Å². The SMILES string of the molecule is C[C@@H](O)c1cc([N+](=O)[O-])c(SCC(=O)N(C)C)s1. The van der Waals surface area contributed by atoms with Gasteiger partial charge in [0.2, 0.25) is 5.91 Å². The average Bonchev–Trinajstić information content (AvgIpc) is 2.69. The molecule has 100 valence electrons. The van der Waals surface area contributed by atoms with Crippen LogP contribution in [0.2, 0.25) is 0 Å². The van der Waals surface area contributed by atoms with Crippen molar-refractivity contribution < 1.29 is 14.8 Å². The number of amides is 1. The van der Waals surface area contributed by atoms with E-state index >= 15 is 0 Å². The normalized spacial score (nSPS) is 12.2. The third-order valence-electron chi connectivity index (χ3n) is 2.13. The Kier molecular flexibility index (Phi) is 5.12. The van der Waals surface area contributed by atoms with Gasteiger partial charge in [0.05, 0.1) is 16.8 Å². The fourth-order valence-electron chi connectivity index (χ4n) is 1.08. The zero-order valence-corrected chi connectivity index (χ0v) is 11.9. The minimum Gasteiger partial charge on any atom is -0.388 e. The van der Waals surface area contributed by atoms with Crippen molar-refractivity contribution in [1.82, 2.24) is 4.90 Å². The van der Waals surface area contributed by atoms with Crippen molar-refractivity contribution in [1.29, 1.82) is 0 Å². The van der Waals surface area contributed by atoms with Crippen LogP contribution in [0.25, 0.3) is 0 Å². The fourth-order valence-corrected chi connectivity index (χ4v) is 3.36. The van der Waals surface area contributed by atoms with E-state index < -0.39 is 11.0 Å². The first kappa shape index (κ1) is 14.9. The predicted molar refractivity (Wildman–Crippen MR) is 71.0 cm³/mol. The maximum atomic E-state index is 11.4. The van der Waals surface area contributed by atoms with Crippen LogP contribution in [0.3, 0.4) is 0 Å². The molecule has 0 aliphatic heterocycles. The monoisotopic (exact) mass is 290 g/mol. The highest BCUT2D eigenvalue weighted by atomic mass is 32.2. The van der Waals surface area contributed by atoms with Crippen molar-refractivity contribution in [3.05, 3.63) is 21.1 Å². The first-order chi connectivity index (χ1) is 8.32. The summed E-state index contributed by atoms with van der Waals surface area (Å²) in [5, 5.41) is 20.3. The average molecular weight is 290 g/mol. The quantitative estimate of drug-likeness (QED) is 0.508. The number of rotatable bonds is 5. The zero-order chi connectivity index (χ0) is 13.9. The van der Waals surface area contributed by atoms with E-state index in [0.29, 0.717) is 9.09 Å². The lowest BCUT2D eigenvalue weighted by Gasteiger charge is -2.08. The Morgan fingerprint density at radius 2 is 2.28 bits per heavy atom. The summed E-state index contributed by atoms with van der Waals surface area (Å²) >= 11 is 2.27. The molecule has 1 rings (SSSR count). The molecule has 0 fully saturated rings. The van der Waals surface area contributed by atoms with E-state index in [1.807, 2.05) is 0 Å². The molecule has 0 aliphatic rings. The van der Waals surface area contributed by atoms with E-state index in [1.54, 1.807) is 21.0 Å². The summed E-state index contributed by atoms with van der Waals surface area (Å²) < 4.78 is 0.450. The molecule has 18 heavy (non-hydrogen) atoms. The fraction of sp³-hybridized carbons (Fsp3) is 0.500. The summed E-state index contributed by atoms with van der Waals surface area (Å²) in [6.07, 6.45) is -0.743. The van der Waals surface area contributed by atoms with Gasteiger partial charge >= 0.3 is 0 Å². The summed E-state index contributed by atoms with van der Waals surface area (Å²) in [4.78, 5) is 23.8. The van der Waals surface area contributed by atoms with E-state index in [1.165, 1.54) is 11.0 Å². The summed E-state index contributed by atoms with van der Waals surface area (Å²) in [6.45, 7) is 1.55. The Bertz CT molecular complexity index is 457. The number of thioether (sulfide) groups is 1. The van der Waals surface area contributed by atoms with Crippen LogP contribution in [-0.2, 0) is 4.79 Å². The Labute approximate surface area is 113 Å². The molecule has 1 amide bonds. The van der Waals surface area contributed by atoms with Crippen molar-refractivity contribution in [2.24, 2.45) is 0 Å². The molecule has 1 aromatic heterocycles. The largest absolute Gasteiger partial charge is 0.388 e. The van der Waals surface area contributed by atoms with Crippen LogP contribution < -0.4 is 0 Å². The van der Waals surface area contributed by atoms with Crippen LogP contribution in [0.5, 0.6) is 0 Å². The van der Waals surface area contributed by atoms with Crippen molar-refractivity contribution in [2.75, 3.05) is 19.8 Å². The molecule has 1 heterocycles. The zero-order valence-electron chi connectivity index (χ0n) is 10.2. The van der Waals surface area contributed by atoms with Gasteiger partial charge in [-0.25, -0.2) is 0 Å². The number of thiophene rings is 1. The molecule has 0 aliphatic carbocycles. The van der Waals surface area contributed by atoms with Gasteiger partial charge < -0.3 is 10.0 Å². The van der Waals surface area contributed by atoms with Gasteiger partial charge in [-0.2, -0.15) is 0 Å². The molecule has 8 heteroatoms. The van der Waals surface area contributed by atoms with Crippen LogP contribution in [-0.4, -0.2) is 40.7 Å².